The summed E-state index contributed by atoms with van der Waals surface area (Å²) in [6.07, 6.45) is 2.14. The fraction of sp³-hybridized carbons (Fsp3) is 0.462. The van der Waals surface area contributed by atoms with Gasteiger partial charge in [0.25, 0.3) is 5.91 Å². The maximum absolute atomic E-state index is 12.3. The van der Waals surface area contributed by atoms with Gasteiger partial charge in [-0.05, 0) is 43.5 Å². The van der Waals surface area contributed by atoms with Crippen LogP contribution in [0.25, 0.3) is 0 Å². The van der Waals surface area contributed by atoms with E-state index in [1.165, 1.54) is 0 Å². The van der Waals surface area contributed by atoms with Crippen LogP contribution in [0.5, 0.6) is 5.75 Å². The number of rotatable bonds is 4. The number of carbonyl (C=O) groups excluding carboxylic acids is 1. The number of halogens is 1. The average Bonchev–Trinajstić information content (AvgIpc) is 3.09. The van der Waals surface area contributed by atoms with Crippen molar-refractivity contribution in [2.24, 2.45) is 0 Å². The quantitative estimate of drug-likeness (QED) is 0.838. The van der Waals surface area contributed by atoms with Crippen molar-refractivity contribution in [3.63, 3.8) is 0 Å². The molecule has 17 heavy (non-hydrogen) atoms. The van der Waals surface area contributed by atoms with Gasteiger partial charge >= 0.3 is 0 Å². The number of alkyl halides is 1. The van der Waals surface area contributed by atoms with Crippen LogP contribution in [0, 0.1) is 6.92 Å². The summed E-state index contributed by atoms with van der Waals surface area (Å²) in [6.45, 7) is 2.42. The van der Waals surface area contributed by atoms with Crippen molar-refractivity contribution in [3.05, 3.63) is 29.3 Å². The number of phenols is 1. The molecule has 0 bridgehead atoms. The number of amides is 1. The van der Waals surface area contributed by atoms with Gasteiger partial charge in [-0.2, -0.15) is 0 Å². The highest BCUT2D eigenvalue weighted by molar-refractivity contribution is 6.18. The molecule has 0 heterocycles. The molecule has 1 aromatic rings. The predicted octanol–water partition coefficient (Wildman–Crippen LogP) is 2.54. The summed E-state index contributed by atoms with van der Waals surface area (Å²) in [7, 11) is 0. The topological polar surface area (TPSA) is 40.5 Å². The first-order valence-corrected chi connectivity index (χ1v) is 6.33. The summed E-state index contributed by atoms with van der Waals surface area (Å²) in [4.78, 5) is 14.2. The molecule has 1 aliphatic rings. The van der Waals surface area contributed by atoms with Crippen molar-refractivity contribution in [2.75, 3.05) is 12.4 Å². The van der Waals surface area contributed by atoms with Crippen LogP contribution in [0.15, 0.2) is 18.2 Å². The molecule has 4 heteroatoms. The van der Waals surface area contributed by atoms with Gasteiger partial charge in [0.05, 0.1) is 0 Å². The molecule has 0 atom stereocenters. The molecule has 1 aromatic carbocycles. The number of carbonyl (C=O) groups is 1. The van der Waals surface area contributed by atoms with Crippen molar-refractivity contribution >= 4 is 17.5 Å². The van der Waals surface area contributed by atoms with E-state index in [1.54, 1.807) is 18.2 Å². The molecule has 0 unspecified atom stereocenters. The minimum atomic E-state index is 0.0191. The number of aryl methyl sites for hydroxylation is 1. The molecule has 1 amide bonds. The maximum atomic E-state index is 12.3. The summed E-state index contributed by atoms with van der Waals surface area (Å²) in [5.74, 6) is 0.666. The Balaban J connectivity index is 2.22. The fourth-order valence-electron chi connectivity index (χ4n) is 1.97. The predicted molar refractivity (Wildman–Crippen MR) is 67.6 cm³/mol. The number of hydrogen-bond donors (Lipinski definition) is 1. The van der Waals surface area contributed by atoms with Gasteiger partial charge in [-0.1, -0.05) is 0 Å². The van der Waals surface area contributed by atoms with Gasteiger partial charge in [0.1, 0.15) is 5.75 Å². The van der Waals surface area contributed by atoms with E-state index >= 15 is 0 Å². The van der Waals surface area contributed by atoms with Gasteiger partial charge in [-0.25, -0.2) is 0 Å². The first kappa shape index (κ1) is 12.2. The van der Waals surface area contributed by atoms with Gasteiger partial charge in [-0.15, -0.1) is 11.6 Å². The van der Waals surface area contributed by atoms with Crippen LogP contribution in [0.1, 0.15) is 28.8 Å². The van der Waals surface area contributed by atoms with Crippen LogP contribution in [0.2, 0.25) is 0 Å². The van der Waals surface area contributed by atoms with E-state index in [9.17, 15) is 9.90 Å². The average molecular weight is 254 g/mol. The van der Waals surface area contributed by atoms with Gasteiger partial charge in [0.2, 0.25) is 0 Å². The van der Waals surface area contributed by atoms with Gasteiger partial charge < -0.3 is 10.0 Å². The van der Waals surface area contributed by atoms with Crippen LogP contribution in [-0.2, 0) is 0 Å². The molecule has 1 aliphatic carbocycles. The van der Waals surface area contributed by atoms with Crippen molar-refractivity contribution in [2.45, 2.75) is 25.8 Å². The van der Waals surface area contributed by atoms with Crippen LogP contribution in [0.4, 0.5) is 0 Å². The minimum absolute atomic E-state index is 0.0191. The highest BCUT2D eigenvalue weighted by Gasteiger charge is 2.32. The zero-order chi connectivity index (χ0) is 12.4. The van der Waals surface area contributed by atoms with Gasteiger partial charge in [-0.3, -0.25) is 4.79 Å². The standard InChI is InChI=1S/C13H16ClNO2/c1-9-8-11(16)4-5-12(9)13(17)15(7-6-14)10-2-3-10/h4-5,8,10,16H,2-3,6-7H2,1H3. The fourth-order valence-corrected chi connectivity index (χ4v) is 2.15. The summed E-state index contributed by atoms with van der Waals surface area (Å²) in [5, 5.41) is 9.34. The van der Waals surface area contributed by atoms with Gasteiger partial charge in [0.15, 0.2) is 0 Å². The monoisotopic (exact) mass is 253 g/mol. The molecule has 1 saturated carbocycles. The summed E-state index contributed by atoms with van der Waals surface area (Å²) in [6, 6.07) is 5.19. The summed E-state index contributed by atoms with van der Waals surface area (Å²) in [5.41, 5.74) is 1.45. The molecular formula is C13H16ClNO2. The minimum Gasteiger partial charge on any atom is -0.508 e. The first-order valence-electron chi connectivity index (χ1n) is 5.80. The molecule has 1 N–H and O–H groups in total. The normalized spacial score (nSPS) is 14.7. The highest BCUT2D eigenvalue weighted by atomic mass is 35.5. The number of aromatic hydroxyl groups is 1. The Labute approximate surface area is 106 Å². The number of nitrogens with zero attached hydrogens (tertiary/aromatic N) is 1. The molecule has 0 spiro atoms. The Bertz CT molecular complexity index is 429. The van der Waals surface area contributed by atoms with E-state index in [0.29, 0.717) is 24.0 Å². The molecule has 0 aromatic heterocycles. The lowest BCUT2D eigenvalue weighted by molar-refractivity contribution is 0.0753. The second-order valence-electron chi connectivity index (χ2n) is 4.42. The third-order valence-corrected chi connectivity index (χ3v) is 3.18. The molecule has 0 saturated heterocycles. The van der Waals surface area contributed by atoms with Crippen molar-refractivity contribution in [1.82, 2.24) is 4.90 Å². The third kappa shape index (κ3) is 2.72. The Morgan fingerprint density at radius 2 is 2.24 bits per heavy atom. The molecule has 3 nitrogen and oxygen atoms in total. The van der Waals surface area contributed by atoms with E-state index in [2.05, 4.69) is 0 Å². The molecule has 92 valence electrons. The molecular weight excluding hydrogens is 238 g/mol. The number of phenolic OH excluding ortho intramolecular Hbond substituents is 1. The van der Waals surface area contributed by atoms with Crippen LogP contribution >= 0.6 is 11.6 Å². The Hall–Kier alpha value is -1.22. The van der Waals surface area contributed by atoms with Crippen LogP contribution < -0.4 is 0 Å². The Morgan fingerprint density at radius 1 is 1.53 bits per heavy atom. The van der Waals surface area contributed by atoms with Gasteiger partial charge in [0, 0.05) is 24.0 Å². The SMILES string of the molecule is Cc1cc(O)ccc1C(=O)N(CCCl)C1CC1. The molecule has 0 aliphatic heterocycles. The van der Waals surface area contributed by atoms with Crippen LogP contribution in [0.3, 0.4) is 0 Å². The van der Waals surface area contributed by atoms with Crippen molar-refractivity contribution in [3.8, 4) is 5.75 Å². The Kier molecular flexibility index (Phi) is 3.57. The lowest BCUT2D eigenvalue weighted by Crippen LogP contribution is -2.35. The van der Waals surface area contributed by atoms with Crippen molar-refractivity contribution in [1.29, 1.82) is 0 Å². The zero-order valence-electron chi connectivity index (χ0n) is 9.82. The van der Waals surface area contributed by atoms with E-state index < -0.39 is 0 Å². The number of benzene rings is 1. The second-order valence-corrected chi connectivity index (χ2v) is 4.80. The van der Waals surface area contributed by atoms with E-state index in [0.717, 1.165) is 18.4 Å². The zero-order valence-corrected chi connectivity index (χ0v) is 10.6. The van der Waals surface area contributed by atoms with E-state index in [-0.39, 0.29) is 11.7 Å². The molecule has 0 radical (unpaired) electrons. The lowest BCUT2D eigenvalue weighted by Gasteiger charge is -2.22. The first-order chi connectivity index (χ1) is 8.13. The maximum Gasteiger partial charge on any atom is 0.254 e. The highest BCUT2D eigenvalue weighted by Crippen LogP contribution is 2.29. The van der Waals surface area contributed by atoms with E-state index in [4.69, 9.17) is 11.6 Å². The second kappa shape index (κ2) is 4.96. The van der Waals surface area contributed by atoms with Crippen molar-refractivity contribution < 1.29 is 9.90 Å². The van der Waals surface area contributed by atoms with Crippen LogP contribution in [-0.4, -0.2) is 34.4 Å². The number of hydrogen-bond acceptors (Lipinski definition) is 2. The summed E-state index contributed by atoms with van der Waals surface area (Å²) < 4.78 is 0. The largest absolute Gasteiger partial charge is 0.508 e. The lowest BCUT2D eigenvalue weighted by atomic mass is 10.1. The summed E-state index contributed by atoms with van der Waals surface area (Å²) >= 11 is 5.73. The molecule has 2 rings (SSSR count). The van der Waals surface area contributed by atoms with E-state index in [1.807, 2.05) is 11.8 Å². The smallest absolute Gasteiger partial charge is 0.254 e. The molecule has 1 fully saturated rings. The third-order valence-electron chi connectivity index (χ3n) is 3.01. The Morgan fingerprint density at radius 3 is 2.76 bits per heavy atom.